The molecule has 0 bridgehead atoms. The summed E-state index contributed by atoms with van der Waals surface area (Å²) >= 11 is 3.29. The van der Waals surface area contributed by atoms with Gasteiger partial charge in [0.15, 0.2) is 5.13 Å². The Balaban J connectivity index is 1.92. The smallest absolute Gasteiger partial charge is 0.228 e. The quantitative estimate of drug-likeness (QED) is 0.885. The van der Waals surface area contributed by atoms with E-state index in [4.69, 9.17) is 5.73 Å². The molecule has 0 spiro atoms. The van der Waals surface area contributed by atoms with Crippen LogP contribution in [-0.4, -0.2) is 40.4 Å². The Labute approximate surface area is 103 Å². The molecule has 1 aliphatic heterocycles. The van der Waals surface area contributed by atoms with Gasteiger partial charge in [-0.15, -0.1) is 11.3 Å². The fourth-order valence-electron chi connectivity index (χ4n) is 1.71. The molecule has 2 heterocycles. The molecule has 0 aliphatic carbocycles. The van der Waals surface area contributed by atoms with Crippen LogP contribution in [0.15, 0.2) is 5.38 Å². The number of thioether (sulfide) groups is 1. The van der Waals surface area contributed by atoms with Crippen molar-refractivity contribution in [2.45, 2.75) is 18.9 Å². The summed E-state index contributed by atoms with van der Waals surface area (Å²) in [5.41, 5.74) is 6.31. The van der Waals surface area contributed by atoms with Gasteiger partial charge in [0, 0.05) is 24.2 Å². The molecule has 1 amide bonds. The van der Waals surface area contributed by atoms with Crippen molar-refractivity contribution in [1.82, 2.24) is 9.88 Å². The van der Waals surface area contributed by atoms with Crippen LogP contribution in [0.2, 0.25) is 0 Å². The van der Waals surface area contributed by atoms with E-state index in [0.717, 1.165) is 23.6 Å². The van der Waals surface area contributed by atoms with Crippen molar-refractivity contribution in [3.8, 4) is 0 Å². The highest BCUT2D eigenvalue weighted by Crippen LogP contribution is 2.22. The normalized spacial score (nSPS) is 19.9. The Kier molecular flexibility index (Phi) is 3.70. The van der Waals surface area contributed by atoms with E-state index in [0.29, 0.717) is 17.6 Å². The summed E-state index contributed by atoms with van der Waals surface area (Å²) < 4.78 is 0. The van der Waals surface area contributed by atoms with Crippen molar-refractivity contribution in [1.29, 1.82) is 0 Å². The molecule has 1 unspecified atom stereocenters. The first-order chi connectivity index (χ1) is 7.66. The third-order valence-corrected chi connectivity index (χ3v) is 4.62. The molecule has 6 heteroatoms. The first-order valence-electron chi connectivity index (χ1n) is 5.20. The van der Waals surface area contributed by atoms with E-state index in [1.165, 1.54) is 11.3 Å². The Morgan fingerprint density at radius 3 is 3.12 bits per heavy atom. The number of hydrogen-bond acceptors (Lipinski definition) is 5. The van der Waals surface area contributed by atoms with Crippen LogP contribution in [0.25, 0.3) is 0 Å². The average Bonchev–Trinajstić information content (AvgIpc) is 2.88. The van der Waals surface area contributed by atoms with E-state index in [1.807, 2.05) is 29.1 Å². The number of carbonyl (C=O) groups is 1. The van der Waals surface area contributed by atoms with Crippen LogP contribution < -0.4 is 5.73 Å². The van der Waals surface area contributed by atoms with Crippen molar-refractivity contribution in [3.63, 3.8) is 0 Å². The fourth-order valence-corrected chi connectivity index (χ4v) is 3.55. The second-order valence-corrected chi connectivity index (χ2v) is 5.92. The lowest BCUT2D eigenvalue weighted by atomic mass is 10.2. The van der Waals surface area contributed by atoms with E-state index < -0.39 is 0 Å². The standard InChI is InChI=1S/C10H15N3OS2/c1-13(8-2-3-15-6-8)9(14)4-7-5-16-10(11)12-7/h5,8H,2-4,6H2,1H3,(H2,11,12). The number of nitrogens with zero attached hydrogens (tertiary/aromatic N) is 2. The molecule has 0 aromatic carbocycles. The molecule has 1 atom stereocenters. The number of nitrogens with two attached hydrogens (primary N) is 1. The summed E-state index contributed by atoms with van der Waals surface area (Å²) in [6.07, 6.45) is 1.47. The van der Waals surface area contributed by atoms with Crippen molar-refractivity contribution in [3.05, 3.63) is 11.1 Å². The number of amides is 1. The minimum Gasteiger partial charge on any atom is -0.375 e. The second-order valence-electron chi connectivity index (χ2n) is 3.88. The molecule has 4 nitrogen and oxygen atoms in total. The summed E-state index contributed by atoms with van der Waals surface area (Å²) in [7, 11) is 1.88. The highest BCUT2D eigenvalue weighted by molar-refractivity contribution is 7.99. The summed E-state index contributed by atoms with van der Waals surface area (Å²) in [5.74, 6) is 2.35. The van der Waals surface area contributed by atoms with Gasteiger partial charge in [-0.05, 0) is 12.2 Å². The number of likely N-dealkylation sites (N-methyl/N-ethyl adjacent to an activating group) is 1. The Bertz CT molecular complexity index is 374. The topological polar surface area (TPSA) is 59.2 Å². The first-order valence-corrected chi connectivity index (χ1v) is 7.23. The number of hydrogen-bond donors (Lipinski definition) is 1. The van der Waals surface area contributed by atoms with Gasteiger partial charge in [-0.3, -0.25) is 4.79 Å². The van der Waals surface area contributed by atoms with E-state index >= 15 is 0 Å². The Hall–Kier alpha value is -0.750. The van der Waals surface area contributed by atoms with Crippen molar-refractivity contribution >= 4 is 34.1 Å². The number of nitrogen functional groups attached to an aromatic ring is 1. The summed E-state index contributed by atoms with van der Waals surface area (Å²) in [6, 6.07) is 0.397. The van der Waals surface area contributed by atoms with Crippen molar-refractivity contribution in [2.75, 3.05) is 24.3 Å². The van der Waals surface area contributed by atoms with Gasteiger partial charge in [0.2, 0.25) is 5.91 Å². The molecule has 2 rings (SSSR count). The minimum absolute atomic E-state index is 0.137. The van der Waals surface area contributed by atoms with E-state index in [2.05, 4.69) is 4.98 Å². The molecular formula is C10H15N3OS2. The van der Waals surface area contributed by atoms with Gasteiger partial charge in [0.25, 0.3) is 0 Å². The number of aromatic nitrogens is 1. The van der Waals surface area contributed by atoms with Gasteiger partial charge in [-0.25, -0.2) is 4.98 Å². The Morgan fingerprint density at radius 2 is 2.56 bits per heavy atom. The van der Waals surface area contributed by atoms with Gasteiger partial charge >= 0.3 is 0 Å². The molecule has 1 fully saturated rings. The molecule has 16 heavy (non-hydrogen) atoms. The lowest BCUT2D eigenvalue weighted by molar-refractivity contribution is -0.130. The van der Waals surface area contributed by atoms with Gasteiger partial charge in [-0.2, -0.15) is 11.8 Å². The number of anilines is 1. The van der Waals surface area contributed by atoms with E-state index in [1.54, 1.807) is 0 Å². The maximum atomic E-state index is 11.9. The predicted molar refractivity (Wildman–Crippen MR) is 68.7 cm³/mol. The lowest BCUT2D eigenvalue weighted by Gasteiger charge is -2.23. The van der Waals surface area contributed by atoms with Gasteiger partial charge in [0.05, 0.1) is 12.1 Å². The monoisotopic (exact) mass is 257 g/mol. The Morgan fingerprint density at radius 1 is 1.75 bits per heavy atom. The lowest BCUT2D eigenvalue weighted by Crippen LogP contribution is -2.37. The maximum Gasteiger partial charge on any atom is 0.228 e. The van der Waals surface area contributed by atoms with Crippen LogP contribution in [0.1, 0.15) is 12.1 Å². The summed E-state index contributed by atoms with van der Waals surface area (Å²) in [4.78, 5) is 17.9. The van der Waals surface area contributed by atoms with Crippen LogP contribution in [0.4, 0.5) is 5.13 Å². The van der Waals surface area contributed by atoms with E-state index in [9.17, 15) is 4.79 Å². The zero-order chi connectivity index (χ0) is 11.5. The molecule has 1 aliphatic rings. The molecule has 1 aromatic rings. The van der Waals surface area contributed by atoms with Gasteiger partial charge in [-0.1, -0.05) is 0 Å². The molecule has 2 N–H and O–H groups in total. The maximum absolute atomic E-state index is 11.9. The average molecular weight is 257 g/mol. The van der Waals surface area contributed by atoms with Crippen LogP contribution >= 0.6 is 23.1 Å². The van der Waals surface area contributed by atoms with Crippen molar-refractivity contribution < 1.29 is 4.79 Å². The van der Waals surface area contributed by atoms with Crippen molar-refractivity contribution in [2.24, 2.45) is 0 Å². The highest BCUT2D eigenvalue weighted by atomic mass is 32.2. The molecular weight excluding hydrogens is 242 g/mol. The van der Waals surface area contributed by atoms with Crippen LogP contribution in [0.3, 0.4) is 0 Å². The van der Waals surface area contributed by atoms with E-state index in [-0.39, 0.29) is 5.91 Å². The highest BCUT2D eigenvalue weighted by Gasteiger charge is 2.24. The minimum atomic E-state index is 0.137. The van der Waals surface area contributed by atoms with Gasteiger partial charge < -0.3 is 10.6 Å². The largest absolute Gasteiger partial charge is 0.375 e. The number of carbonyl (C=O) groups excluding carboxylic acids is 1. The first kappa shape index (κ1) is 11.7. The molecule has 0 saturated carbocycles. The summed E-state index contributed by atoms with van der Waals surface area (Å²) in [5, 5.41) is 2.38. The zero-order valence-electron chi connectivity index (χ0n) is 9.18. The summed E-state index contributed by atoms with van der Waals surface area (Å²) in [6.45, 7) is 0. The van der Waals surface area contributed by atoms with Crippen LogP contribution in [0.5, 0.6) is 0 Å². The molecule has 88 valence electrons. The third-order valence-electron chi connectivity index (χ3n) is 2.75. The molecule has 1 saturated heterocycles. The molecule has 1 aromatic heterocycles. The van der Waals surface area contributed by atoms with Crippen LogP contribution in [-0.2, 0) is 11.2 Å². The second kappa shape index (κ2) is 5.05. The zero-order valence-corrected chi connectivity index (χ0v) is 10.8. The van der Waals surface area contributed by atoms with Gasteiger partial charge in [0.1, 0.15) is 0 Å². The third kappa shape index (κ3) is 2.68. The SMILES string of the molecule is CN(C(=O)Cc1csc(N)n1)C1CCSC1. The predicted octanol–water partition coefficient (Wildman–Crippen LogP) is 1.23. The van der Waals surface area contributed by atoms with Crippen LogP contribution in [0, 0.1) is 0 Å². The fraction of sp³-hybridized carbons (Fsp3) is 0.600. The molecule has 0 radical (unpaired) electrons. The number of rotatable bonds is 3. The number of thiazole rings is 1.